The van der Waals surface area contributed by atoms with Crippen molar-refractivity contribution in [1.29, 1.82) is 0 Å². The largest absolute Gasteiger partial charge is 0.330 e. The Labute approximate surface area is 123 Å². The molecule has 0 aliphatic carbocycles. The van der Waals surface area contributed by atoms with Gasteiger partial charge in [0.25, 0.3) is 0 Å². The first-order chi connectivity index (χ1) is 8.96. The van der Waals surface area contributed by atoms with Crippen LogP contribution in [0.15, 0.2) is 33.6 Å². The summed E-state index contributed by atoms with van der Waals surface area (Å²) < 4.78 is 27.4. The van der Waals surface area contributed by atoms with Gasteiger partial charge in [-0.1, -0.05) is 19.1 Å². The lowest BCUT2D eigenvalue weighted by atomic mass is 9.88. The van der Waals surface area contributed by atoms with Gasteiger partial charge < -0.3 is 5.73 Å². The van der Waals surface area contributed by atoms with Crippen LogP contribution in [0.4, 0.5) is 0 Å². The molecule has 4 nitrogen and oxygen atoms in total. The molecule has 6 heteroatoms. The SMILES string of the molecule is CC1CCN(S(=O)(=O)c2ccccc2Br)CC1CN. The monoisotopic (exact) mass is 346 g/mol. The minimum absolute atomic E-state index is 0.242. The van der Waals surface area contributed by atoms with E-state index in [1.807, 2.05) is 6.07 Å². The second-order valence-electron chi connectivity index (χ2n) is 5.06. The summed E-state index contributed by atoms with van der Waals surface area (Å²) in [6.07, 6.45) is 0.867. The highest BCUT2D eigenvalue weighted by Crippen LogP contribution is 2.30. The maximum atomic E-state index is 12.6. The molecule has 0 radical (unpaired) electrons. The Morgan fingerprint density at radius 3 is 2.74 bits per heavy atom. The number of rotatable bonds is 3. The van der Waals surface area contributed by atoms with Crippen molar-refractivity contribution in [2.45, 2.75) is 18.2 Å². The Hall–Kier alpha value is -0.430. The smallest absolute Gasteiger partial charge is 0.244 e. The Kier molecular flexibility index (Phi) is 4.66. The number of nitrogens with two attached hydrogens (primary N) is 1. The predicted molar refractivity (Wildman–Crippen MR) is 79.2 cm³/mol. The van der Waals surface area contributed by atoms with Crippen molar-refractivity contribution in [2.24, 2.45) is 17.6 Å². The standard InChI is InChI=1S/C13H19BrN2O2S/c1-10-6-7-16(9-11(10)8-15)19(17,18)13-5-3-2-4-12(13)14/h2-5,10-11H,6-9,15H2,1H3. The Balaban J connectivity index is 2.28. The zero-order valence-corrected chi connectivity index (χ0v) is 13.3. The minimum Gasteiger partial charge on any atom is -0.330 e. The molecule has 0 saturated carbocycles. The van der Waals surface area contributed by atoms with E-state index in [2.05, 4.69) is 22.9 Å². The van der Waals surface area contributed by atoms with Crippen LogP contribution in [-0.4, -0.2) is 32.4 Å². The second kappa shape index (κ2) is 5.91. The Morgan fingerprint density at radius 2 is 2.11 bits per heavy atom. The molecule has 1 aromatic carbocycles. The van der Waals surface area contributed by atoms with Gasteiger partial charge in [-0.05, 0) is 52.9 Å². The van der Waals surface area contributed by atoms with E-state index in [1.165, 1.54) is 0 Å². The maximum absolute atomic E-state index is 12.6. The van der Waals surface area contributed by atoms with Crippen LogP contribution in [0, 0.1) is 11.8 Å². The molecule has 2 unspecified atom stereocenters. The summed E-state index contributed by atoms with van der Waals surface area (Å²) >= 11 is 3.31. The van der Waals surface area contributed by atoms with Gasteiger partial charge in [0.1, 0.15) is 0 Å². The zero-order chi connectivity index (χ0) is 14.0. The van der Waals surface area contributed by atoms with Crippen LogP contribution in [0.5, 0.6) is 0 Å². The average Bonchev–Trinajstić information content (AvgIpc) is 2.39. The topological polar surface area (TPSA) is 63.4 Å². The minimum atomic E-state index is -3.43. The summed E-state index contributed by atoms with van der Waals surface area (Å²) in [5, 5.41) is 0. The molecule has 1 saturated heterocycles. The number of nitrogens with zero attached hydrogens (tertiary/aromatic N) is 1. The molecule has 106 valence electrons. The first kappa shape index (κ1) is 15.0. The van der Waals surface area contributed by atoms with Gasteiger partial charge in [0.2, 0.25) is 10.0 Å². The first-order valence-electron chi connectivity index (χ1n) is 6.41. The molecule has 0 spiro atoms. The molecule has 1 aliphatic rings. The Morgan fingerprint density at radius 1 is 1.42 bits per heavy atom. The molecule has 2 rings (SSSR count). The predicted octanol–water partition coefficient (Wildman–Crippen LogP) is 2.05. The number of sulfonamides is 1. The molecular weight excluding hydrogens is 328 g/mol. The van der Waals surface area contributed by atoms with Gasteiger partial charge in [0, 0.05) is 17.6 Å². The molecule has 0 bridgehead atoms. The van der Waals surface area contributed by atoms with Gasteiger partial charge in [0.05, 0.1) is 4.90 Å². The number of halogens is 1. The molecule has 1 heterocycles. The molecule has 19 heavy (non-hydrogen) atoms. The zero-order valence-electron chi connectivity index (χ0n) is 10.9. The van der Waals surface area contributed by atoms with Crippen molar-refractivity contribution in [3.05, 3.63) is 28.7 Å². The highest BCUT2D eigenvalue weighted by molar-refractivity contribution is 9.10. The molecular formula is C13H19BrN2O2S. The van der Waals surface area contributed by atoms with E-state index < -0.39 is 10.0 Å². The summed E-state index contributed by atoms with van der Waals surface area (Å²) in [5.41, 5.74) is 5.74. The fraction of sp³-hybridized carbons (Fsp3) is 0.538. The molecule has 0 aromatic heterocycles. The molecule has 1 fully saturated rings. The first-order valence-corrected chi connectivity index (χ1v) is 8.65. The highest BCUT2D eigenvalue weighted by Gasteiger charge is 2.33. The van der Waals surface area contributed by atoms with E-state index in [9.17, 15) is 8.42 Å². The van der Waals surface area contributed by atoms with Crippen molar-refractivity contribution >= 4 is 26.0 Å². The van der Waals surface area contributed by atoms with E-state index in [1.54, 1.807) is 22.5 Å². The van der Waals surface area contributed by atoms with Crippen molar-refractivity contribution in [3.63, 3.8) is 0 Å². The lowest BCUT2D eigenvalue weighted by molar-refractivity contribution is 0.203. The molecule has 0 amide bonds. The van der Waals surface area contributed by atoms with Crippen molar-refractivity contribution < 1.29 is 8.42 Å². The van der Waals surface area contributed by atoms with E-state index >= 15 is 0 Å². The Bertz CT molecular complexity index is 547. The van der Waals surface area contributed by atoms with Crippen LogP contribution >= 0.6 is 15.9 Å². The van der Waals surface area contributed by atoms with Gasteiger partial charge >= 0.3 is 0 Å². The number of hydrogen-bond acceptors (Lipinski definition) is 3. The average molecular weight is 347 g/mol. The summed E-state index contributed by atoms with van der Waals surface area (Å²) in [6.45, 7) is 3.76. The van der Waals surface area contributed by atoms with Crippen LogP contribution < -0.4 is 5.73 Å². The van der Waals surface area contributed by atoms with E-state index in [4.69, 9.17) is 5.73 Å². The van der Waals surface area contributed by atoms with Crippen LogP contribution in [0.1, 0.15) is 13.3 Å². The van der Waals surface area contributed by atoms with Crippen molar-refractivity contribution in [1.82, 2.24) is 4.31 Å². The molecule has 2 N–H and O–H groups in total. The summed E-state index contributed by atoms with van der Waals surface area (Å²) in [5.74, 6) is 0.724. The molecule has 1 aliphatic heterocycles. The van der Waals surface area contributed by atoms with Crippen LogP contribution in [0.25, 0.3) is 0 Å². The summed E-state index contributed by atoms with van der Waals surface area (Å²) in [4.78, 5) is 0.334. The number of hydrogen-bond donors (Lipinski definition) is 1. The summed E-state index contributed by atoms with van der Waals surface area (Å²) in [7, 11) is -3.43. The van der Waals surface area contributed by atoms with E-state index in [0.717, 1.165) is 6.42 Å². The van der Waals surface area contributed by atoms with Crippen LogP contribution in [0.2, 0.25) is 0 Å². The fourth-order valence-electron chi connectivity index (χ4n) is 2.43. The molecule has 1 aromatic rings. The van der Waals surface area contributed by atoms with E-state index in [0.29, 0.717) is 34.9 Å². The lowest BCUT2D eigenvalue weighted by Crippen LogP contribution is -2.45. The van der Waals surface area contributed by atoms with Gasteiger partial charge in [-0.15, -0.1) is 0 Å². The van der Waals surface area contributed by atoms with Crippen molar-refractivity contribution in [3.8, 4) is 0 Å². The third-order valence-electron chi connectivity index (χ3n) is 3.83. The van der Waals surface area contributed by atoms with Gasteiger partial charge in [-0.3, -0.25) is 0 Å². The quantitative estimate of drug-likeness (QED) is 0.910. The third-order valence-corrected chi connectivity index (χ3v) is 6.71. The highest BCUT2D eigenvalue weighted by atomic mass is 79.9. The summed E-state index contributed by atoms with van der Waals surface area (Å²) in [6, 6.07) is 6.93. The van der Waals surface area contributed by atoms with Gasteiger partial charge in [0.15, 0.2) is 0 Å². The fourth-order valence-corrected chi connectivity index (χ4v) is 4.91. The third kappa shape index (κ3) is 3.02. The van der Waals surface area contributed by atoms with Crippen molar-refractivity contribution in [2.75, 3.05) is 19.6 Å². The van der Waals surface area contributed by atoms with Crippen LogP contribution in [0.3, 0.4) is 0 Å². The van der Waals surface area contributed by atoms with E-state index in [-0.39, 0.29) is 5.92 Å². The maximum Gasteiger partial charge on any atom is 0.244 e. The molecule has 2 atom stereocenters. The van der Waals surface area contributed by atoms with Gasteiger partial charge in [-0.25, -0.2) is 8.42 Å². The van der Waals surface area contributed by atoms with Gasteiger partial charge in [-0.2, -0.15) is 4.31 Å². The number of piperidine rings is 1. The van der Waals surface area contributed by atoms with Crippen LogP contribution in [-0.2, 0) is 10.0 Å². The lowest BCUT2D eigenvalue weighted by Gasteiger charge is -2.35. The number of benzene rings is 1. The second-order valence-corrected chi connectivity index (χ2v) is 7.82. The normalized spacial score (nSPS) is 25.4.